The molecule has 1 fully saturated rings. The first kappa shape index (κ1) is 8.99. The molecule has 1 aliphatic carbocycles. The lowest BCUT2D eigenvalue weighted by Crippen LogP contribution is -1.99. The summed E-state index contributed by atoms with van der Waals surface area (Å²) < 4.78 is 0. The van der Waals surface area contributed by atoms with E-state index in [1.54, 1.807) is 0 Å². The van der Waals surface area contributed by atoms with Crippen LogP contribution < -0.4 is 5.73 Å². The molecule has 1 nitrogen and oxygen atoms in total. The zero-order chi connectivity index (χ0) is 5.98. The minimum Gasteiger partial charge on any atom is -0.327 e. The van der Waals surface area contributed by atoms with Crippen LogP contribution in [0.5, 0.6) is 0 Å². The van der Waals surface area contributed by atoms with Crippen LogP contribution in [0.2, 0.25) is 0 Å². The van der Waals surface area contributed by atoms with Gasteiger partial charge in [-0.15, -0.1) is 12.4 Å². The fraction of sp³-hybridized carbons (Fsp3) is 0.714. The van der Waals surface area contributed by atoms with Crippen LogP contribution in [0.4, 0.5) is 0 Å². The highest BCUT2D eigenvalue weighted by Gasteiger charge is 2.17. The highest BCUT2D eigenvalue weighted by atomic mass is 35.5. The Kier molecular flexibility index (Phi) is 3.91. The van der Waals surface area contributed by atoms with Crippen LogP contribution in [0.3, 0.4) is 0 Å². The second kappa shape index (κ2) is 3.91. The lowest BCUT2D eigenvalue weighted by atomic mass is 10.2. The first-order valence-electron chi connectivity index (χ1n) is 3.20. The minimum atomic E-state index is 0. The van der Waals surface area contributed by atoms with Crippen molar-refractivity contribution in [3.63, 3.8) is 0 Å². The molecule has 0 saturated heterocycles. The average molecular weight is 148 g/mol. The molecule has 54 valence electrons. The maximum absolute atomic E-state index is 5.38. The summed E-state index contributed by atoms with van der Waals surface area (Å²) >= 11 is 0. The van der Waals surface area contributed by atoms with Gasteiger partial charge in [0.15, 0.2) is 0 Å². The van der Waals surface area contributed by atoms with Gasteiger partial charge in [0.1, 0.15) is 0 Å². The number of rotatable bonds is 2. The van der Waals surface area contributed by atoms with Crippen molar-refractivity contribution in [2.24, 2.45) is 11.7 Å². The van der Waals surface area contributed by atoms with Crippen molar-refractivity contribution in [1.29, 1.82) is 0 Å². The second-order valence-electron chi connectivity index (χ2n) is 2.55. The molecule has 0 aromatic heterocycles. The Hall–Kier alpha value is -0.0100. The Balaban J connectivity index is 0.000000640. The zero-order valence-corrected chi connectivity index (χ0v) is 6.58. The quantitative estimate of drug-likeness (QED) is 0.592. The van der Waals surface area contributed by atoms with E-state index in [-0.39, 0.29) is 12.4 Å². The molecule has 1 saturated carbocycles. The molecule has 0 aliphatic heterocycles. The SMILES string of the molecule is CC(=CC1CC1)CN.Cl. The van der Waals surface area contributed by atoms with E-state index in [9.17, 15) is 0 Å². The molecule has 2 heteroatoms. The Morgan fingerprint density at radius 3 is 2.56 bits per heavy atom. The van der Waals surface area contributed by atoms with Gasteiger partial charge in [0, 0.05) is 6.54 Å². The van der Waals surface area contributed by atoms with Gasteiger partial charge in [0.05, 0.1) is 0 Å². The Labute approximate surface area is 62.7 Å². The predicted octanol–water partition coefficient (Wildman–Crippen LogP) is 1.72. The van der Waals surface area contributed by atoms with Gasteiger partial charge in [-0.2, -0.15) is 0 Å². The van der Waals surface area contributed by atoms with Gasteiger partial charge in [-0.05, 0) is 25.7 Å². The highest BCUT2D eigenvalue weighted by Crippen LogP contribution is 2.30. The van der Waals surface area contributed by atoms with E-state index < -0.39 is 0 Å². The molecule has 0 atom stereocenters. The molecule has 2 N–H and O–H groups in total. The summed E-state index contributed by atoms with van der Waals surface area (Å²) in [7, 11) is 0. The molecule has 0 spiro atoms. The van der Waals surface area contributed by atoms with Gasteiger partial charge in [0.25, 0.3) is 0 Å². The van der Waals surface area contributed by atoms with E-state index in [2.05, 4.69) is 13.0 Å². The van der Waals surface area contributed by atoms with E-state index >= 15 is 0 Å². The Morgan fingerprint density at radius 1 is 1.67 bits per heavy atom. The van der Waals surface area contributed by atoms with Gasteiger partial charge in [-0.3, -0.25) is 0 Å². The smallest absolute Gasteiger partial charge is 0.0134 e. The molecular weight excluding hydrogens is 134 g/mol. The molecule has 0 aromatic rings. The molecule has 0 aromatic carbocycles. The molecular formula is C7H14ClN. The van der Waals surface area contributed by atoms with Crippen LogP contribution in [0.1, 0.15) is 19.8 Å². The number of hydrogen-bond donors (Lipinski definition) is 1. The summed E-state index contributed by atoms with van der Waals surface area (Å²) in [6, 6.07) is 0. The Morgan fingerprint density at radius 2 is 2.22 bits per heavy atom. The van der Waals surface area contributed by atoms with Gasteiger partial charge >= 0.3 is 0 Å². The topological polar surface area (TPSA) is 26.0 Å². The summed E-state index contributed by atoms with van der Waals surface area (Å²) in [5.41, 5.74) is 6.72. The van der Waals surface area contributed by atoms with Crippen molar-refractivity contribution < 1.29 is 0 Å². The fourth-order valence-corrected chi connectivity index (χ4v) is 0.733. The van der Waals surface area contributed by atoms with E-state index in [1.807, 2.05) is 0 Å². The molecule has 0 unspecified atom stereocenters. The minimum absolute atomic E-state index is 0. The van der Waals surface area contributed by atoms with Crippen molar-refractivity contribution in [2.75, 3.05) is 6.54 Å². The Bertz CT molecular complexity index is 105. The standard InChI is InChI=1S/C7H13N.ClH/c1-6(5-8)4-7-2-3-7;/h4,7H,2-3,5,8H2,1H3;1H. The number of halogens is 1. The monoisotopic (exact) mass is 147 g/mol. The van der Waals surface area contributed by atoms with Crippen LogP contribution in [-0.4, -0.2) is 6.54 Å². The van der Waals surface area contributed by atoms with Gasteiger partial charge in [0.2, 0.25) is 0 Å². The molecule has 9 heavy (non-hydrogen) atoms. The zero-order valence-electron chi connectivity index (χ0n) is 5.76. The van der Waals surface area contributed by atoms with Crippen LogP contribution in [-0.2, 0) is 0 Å². The fourth-order valence-electron chi connectivity index (χ4n) is 0.733. The summed E-state index contributed by atoms with van der Waals surface area (Å²) in [6.45, 7) is 2.83. The first-order chi connectivity index (χ1) is 3.83. The number of nitrogens with two attached hydrogens (primary N) is 1. The number of hydrogen-bond acceptors (Lipinski definition) is 1. The number of allylic oxidation sites excluding steroid dienone is 1. The van der Waals surface area contributed by atoms with Gasteiger partial charge in [-0.25, -0.2) is 0 Å². The highest BCUT2D eigenvalue weighted by molar-refractivity contribution is 5.85. The summed E-state index contributed by atoms with van der Waals surface area (Å²) in [5, 5.41) is 0. The van der Waals surface area contributed by atoms with Crippen molar-refractivity contribution in [3.8, 4) is 0 Å². The third-order valence-corrected chi connectivity index (χ3v) is 1.46. The van der Waals surface area contributed by atoms with Gasteiger partial charge < -0.3 is 5.73 Å². The van der Waals surface area contributed by atoms with Crippen molar-refractivity contribution in [2.45, 2.75) is 19.8 Å². The second-order valence-corrected chi connectivity index (χ2v) is 2.55. The summed E-state index contributed by atoms with van der Waals surface area (Å²) in [6.07, 6.45) is 5.06. The largest absolute Gasteiger partial charge is 0.327 e. The maximum Gasteiger partial charge on any atom is 0.0134 e. The molecule has 0 amide bonds. The third kappa shape index (κ3) is 3.55. The average Bonchev–Trinajstić information content (AvgIpc) is 2.50. The van der Waals surface area contributed by atoms with E-state index in [0.29, 0.717) is 0 Å². The molecule has 1 aliphatic rings. The molecule has 0 radical (unpaired) electrons. The van der Waals surface area contributed by atoms with Crippen molar-refractivity contribution in [3.05, 3.63) is 11.6 Å². The third-order valence-electron chi connectivity index (χ3n) is 1.46. The van der Waals surface area contributed by atoms with E-state index in [4.69, 9.17) is 5.73 Å². The molecule has 0 heterocycles. The van der Waals surface area contributed by atoms with Crippen molar-refractivity contribution in [1.82, 2.24) is 0 Å². The van der Waals surface area contributed by atoms with E-state index in [0.717, 1.165) is 12.5 Å². The van der Waals surface area contributed by atoms with Crippen LogP contribution in [0.25, 0.3) is 0 Å². The van der Waals surface area contributed by atoms with Gasteiger partial charge in [-0.1, -0.05) is 11.6 Å². The molecule has 1 rings (SSSR count). The first-order valence-corrected chi connectivity index (χ1v) is 3.20. The van der Waals surface area contributed by atoms with Crippen molar-refractivity contribution >= 4 is 12.4 Å². The normalized spacial score (nSPS) is 19.1. The predicted molar refractivity (Wildman–Crippen MR) is 42.8 cm³/mol. The lowest BCUT2D eigenvalue weighted by Gasteiger charge is -1.90. The lowest BCUT2D eigenvalue weighted by molar-refractivity contribution is 1.04. The summed E-state index contributed by atoms with van der Waals surface area (Å²) in [4.78, 5) is 0. The van der Waals surface area contributed by atoms with Crippen LogP contribution in [0, 0.1) is 5.92 Å². The van der Waals surface area contributed by atoms with Crippen LogP contribution in [0.15, 0.2) is 11.6 Å². The summed E-state index contributed by atoms with van der Waals surface area (Å²) in [5.74, 6) is 0.888. The van der Waals surface area contributed by atoms with Crippen LogP contribution >= 0.6 is 12.4 Å². The maximum atomic E-state index is 5.38. The molecule has 0 bridgehead atoms. The van der Waals surface area contributed by atoms with E-state index in [1.165, 1.54) is 18.4 Å².